The van der Waals surface area contributed by atoms with Crippen LogP contribution >= 0.6 is 11.6 Å². The molecule has 0 spiro atoms. The highest BCUT2D eigenvalue weighted by molar-refractivity contribution is 6.36. The van der Waals surface area contributed by atoms with Gasteiger partial charge in [0, 0.05) is 54.3 Å². The summed E-state index contributed by atoms with van der Waals surface area (Å²) in [6, 6.07) is 20.4. The number of fused-ring (bicyclic) bond motifs is 1. The molecule has 0 aliphatic carbocycles. The van der Waals surface area contributed by atoms with Crippen LogP contribution in [-0.2, 0) is 17.8 Å². The van der Waals surface area contributed by atoms with Gasteiger partial charge in [0.05, 0.1) is 16.2 Å². The number of hydrogen-bond acceptors (Lipinski definition) is 7. The maximum atomic E-state index is 11.5. The molecule has 0 saturated carbocycles. The van der Waals surface area contributed by atoms with Crippen molar-refractivity contribution in [1.82, 2.24) is 30.6 Å². The molecule has 3 aromatic heterocycles. The van der Waals surface area contributed by atoms with E-state index in [2.05, 4.69) is 56.9 Å². The standard InChI is InChI=1S/C34H34ClN7O/c1-4-27-22(18-36-19-23-14-16-31(43)40-23)13-15-29(41-27)26-10-5-9-25(32(26)35)24-8-6-11-28(20(24)2)42-34-33-30(12-7-17-37-33)38-21(3)39-34/h5-13,15,17,23,36H,4,14,16,18-19H2,1-3H3,(H,40,43)(H,38,39,42). The third-order valence-electron chi connectivity index (χ3n) is 7.91. The average Bonchev–Trinajstić information content (AvgIpc) is 3.43. The third-order valence-corrected chi connectivity index (χ3v) is 8.32. The molecule has 0 bridgehead atoms. The maximum absolute atomic E-state index is 11.5. The minimum absolute atomic E-state index is 0.135. The Hall–Kier alpha value is -4.40. The summed E-state index contributed by atoms with van der Waals surface area (Å²) in [6.07, 6.45) is 4.05. The molecule has 1 atom stereocenters. The summed E-state index contributed by atoms with van der Waals surface area (Å²) in [4.78, 5) is 30.2. The fourth-order valence-electron chi connectivity index (χ4n) is 5.66. The Labute approximate surface area is 256 Å². The van der Waals surface area contributed by atoms with E-state index in [0.29, 0.717) is 29.6 Å². The van der Waals surface area contributed by atoms with Gasteiger partial charge in [0.15, 0.2) is 5.82 Å². The second-order valence-corrected chi connectivity index (χ2v) is 11.2. The lowest BCUT2D eigenvalue weighted by Crippen LogP contribution is -2.35. The molecule has 1 unspecified atom stereocenters. The Bertz CT molecular complexity index is 1820. The van der Waals surface area contributed by atoms with Crippen LogP contribution in [0.1, 0.15) is 42.4 Å². The average molecular weight is 592 g/mol. The van der Waals surface area contributed by atoms with Crippen LogP contribution in [-0.4, -0.2) is 38.4 Å². The Balaban J connectivity index is 1.27. The molecule has 5 aromatic rings. The second kappa shape index (κ2) is 12.5. The molecule has 43 heavy (non-hydrogen) atoms. The van der Waals surface area contributed by atoms with E-state index in [4.69, 9.17) is 16.6 Å². The van der Waals surface area contributed by atoms with Crippen LogP contribution in [0, 0.1) is 13.8 Å². The van der Waals surface area contributed by atoms with Crippen molar-refractivity contribution in [3.8, 4) is 22.4 Å². The van der Waals surface area contributed by atoms with Crippen molar-refractivity contribution in [2.75, 3.05) is 11.9 Å². The molecule has 0 radical (unpaired) electrons. The lowest BCUT2D eigenvalue weighted by molar-refractivity contribution is -0.119. The highest BCUT2D eigenvalue weighted by Crippen LogP contribution is 2.39. The first kappa shape index (κ1) is 28.7. The van der Waals surface area contributed by atoms with Crippen molar-refractivity contribution in [1.29, 1.82) is 0 Å². The first-order valence-electron chi connectivity index (χ1n) is 14.7. The molecule has 1 amide bonds. The molecule has 3 N–H and O–H groups in total. The highest BCUT2D eigenvalue weighted by Gasteiger charge is 2.20. The normalized spacial score (nSPS) is 14.7. The van der Waals surface area contributed by atoms with E-state index in [0.717, 1.165) is 75.3 Å². The molecule has 4 heterocycles. The zero-order chi connectivity index (χ0) is 29.9. The van der Waals surface area contributed by atoms with E-state index in [9.17, 15) is 4.79 Å². The van der Waals surface area contributed by atoms with Gasteiger partial charge >= 0.3 is 0 Å². The van der Waals surface area contributed by atoms with Gasteiger partial charge in [-0.1, -0.05) is 54.9 Å². The predicted molar refractivity (Wildman–Crippen MR) is 172 cm³/mol. The van der Waals surface area contributed by atoms with Crippen LogP contribution < -0.4 is 16.0 Å². The van der Waals surface area contributed by atoms with E-state index >= 15 is 0 Å². The summed E-state index contributed by atoms with van der Waals surface area (Å²) < 4.78 is 0. The number of anilines is 2. The Morgan fingerprint density at radius 3 is 2.58 bits per heavy atom. The molecule has 1 saturated heterocycles. The van der Waals surface area contributed by atoms with Gasteiger partial charge in [-0.15, -0.1) is 0 Å². The fraction of sp³-hybridized carbons (Fsp3) is 0.265. The molecule has 1 aliphatic rings. The molecule has 1 aliphatic heterocycles. The molecule has 2 aromatic carbocycles. The van der Waals surface area contributed by atoms with Gasteiger partial charge in [-0.2, -0.15) is 0 Å². The fourth-order valence-corrected chi connectivity index (χ4v) is 5.98. The number of rotatable bonds is 9. The second-order valence-electron chi connectivity index (χ2n) is 10.9. The first-order chi connectivity index (χ1) is 20.9. The van der Waals surface area contributed by atoms with E-state index in [1.807, 2.05) is 55.5 Å². The van der Waals surface area contributed by atoms with Crippen molar-refractivity contribution >= 4 is 40.0 Å². The van der Waals surface area contributed by atoms with Crippen LogP contribution in [0.2, 0.25) is 5.02 Å². The van der Waals surface area contributed by atoms with Crippen molar-refractivity contribution in [2.24, 2.45) is 0 Å². The van der Waals surface area contributed by atoms with Gasteiger partial charge in [-0.3, -0.25) is 14.8 Å². The maximum Gasteiger partial charge on any atom is 0.220 e. The number of pyridine rings is 2. The monoisotopic (exact) mass is 591 g/mol. The summed E-state index contributed by atoms with van der Waals surface area (Å²) in [5.74, 6) is 1.48. The molecule has 9 heteroatoms. The van der Waals surface area contributed by atoms with Gasteiger partial charge in [-0.05, 0) is 67.6 Å². The van der Waals surface area contributed by atoms with E-state index in [-0.39, 0.29) is 11.9 Å². The lowest BCUT2D eigenvalue weighted by atomic mass is 9.96. The summed E-state index contributed by atoms with van der Waals surface area (Å²) >= 11 is 7.13. The Morgan fingerprint density at radius 1 is 0.953 bits per heavy atom. The zero-order valence-corrected chi connectivity index (χ0v) is 25.3. The van der Waals surface area contributed by atoms with Crippen molar-refractivity contribution in [2.45, 2.75) is 52.6 Å². The summed E-state index contributed by atoms with van der Waals surface area (Å²) in [5, 5.41) is 10.6. The van der Waals surface area contributed by atoms with Gasteiger partial charge in [-0.25, -0.2) is 9.97 Å². The van der Waals surface area contributed by atoms with Crippen molar-refractivity contribution in [3.63, 3.8) is 0 Å². The largest absolute Gasteiger partial charge is 0.352 e. The molecule has 6 rings (SSSR count). The van der Waals surface area contributed by atoms with Crippen LogP contribution in [0.5, 0.6) is 0 Å². The van der Waals surface area contributed by atoms with E-state index in [1.54, 1.807) is 6.20 Å². The molecular formula is C34H34ClN7O. The number of hydrogen-bond donors (Lipinski definition) is 3. The Morgan fingerprint density at radius 2 is 1.77 bits per heavy atom. The number of aryl methyl sites for hydroxylation is 2. The van der Waals surface area contributed by atoms with Crippen molar-refractivity contribution in [3.05, 3.63) is 94.5 Å². The van der Waals surface area contributed by atoms with Crippen LogP contribution in [0.15, 0.2) is 66.9 Å². The smallest absolute Gasteiger partial charge is 0.220 e. The number of halogens is 1. The number of amides is 1. The molecule has 8 nitrogen and oxygen atoms in total. The summed E-state index contributed by atoms with van der Waals surface area (Å²) in [5.41, 5.74) is 9.36. The Kier molecular flexibility index (Phi) is 8.31. The number of nitrogens with zero attached hydrogens (tertiary/aromatic N) is 4. The highest BCUT2D eigenvalue weighted by atomic mass is 35.5. The number of carbonyl (C=O) groups excluding carboxylic acids is 1. The predicted octanol–water partition coefficient (Wildman–Crippen LogP) is 6.70. The topological polar surface area (TPSA) is 105 Å². The van der Waals surface area contributed by atoms with E-state index in [1.165, 1.54) is 0 Å². The van der Waals surface area contributed by atoms with Crippen LogP contribution in [0.4, 0.5) is 11.5 Å². The minimum atomic E-state index is 0.135. The SMILES string of the molecule is CCc1nc(-c2cccc(-c3cccc(Nc4nc(C)nc5cccnc45)c3C)c2Cl)ccc1CNCC1CCC(=O)N1. The van der Waals surface area contributed by atoms with Crippen LogP contribution in [0.3, 0.4) is 0 Å². The first-order valence-corrected chi connectivity index (χ1v) is 15.0. The molecular weight excluding hydrogens is 558 g/mol. The molecule has 218 valence electrons. The number of benzene rings is 2. The quantitative estimate of drug-likeness (QED) is 0.175. The zero-order valence-electron chi connectivity index (χ0n) is 24.5. The number of carbonyl (C=O) groups is 1. The van der Waals surface area contributed by atoms with Gasteiger partial charge < -0.3 is 16.0 Å². The van der Waals surface area contributed by atoms with Gasteiger partial charge in [0.2, 0.25) is 5.91 Å². The lowest BCUT2D eigenvalue weighted by Gasteiger charge is -2.17. The van der Waals surface area contributed by atoms with E-state index < -0.39 is 0 Å². The van der Waals surface area contributed by atoms with Crippen molar-refractivity contribution < 1.29 is 4.79 Å². The minimum Gasteiger partial charge on any atom is -0.352 e. The number of nitrogens with one attached hydrogen (secondary N) is 3. The van der Waals surface area contributed by atoms with Gasteiger partial charge in [0.25, 0.3) is 0 Å². The van der Waals surface area contributed by atoms with Crippen LogP contribution in [0.25, 0.3) is 33.4 Å². The van der Waals surface area contributed by atoms with Gasteiger partial charge in [0.1, 0.15) is 11.3 Å². The molecule has 1 fully saturated rings. The summed E-state index contributed by atoms with van der Waals surface area (Å²) in [6.45, 7) is 7.53. The number of aromatic nitrogens is 4. The third kappa shape index (κ3) is 6.07. The summed E-state index contributed by atoms with van der Waals surface area (Å²) in [7, 11) is 0.